The normalized spacial score (nSPS) is 12.0. The molecule has 0 aliphatic heterocycles. The quantitative estimate of drug-likeness (QED) is 0.431. The Labute approximate surface area is 194 Å². The fourth-order valence-corrected chi connectivity index (χ4v) is 4.31. The second-order valence-electron chi connectivity index (χ2n) is 10.1. The molecule has 1 amide bonds. The van der Waals surface area contributed by atoms with Crippen LogP contribution in [0.25, 0.3) is 33.8 Å². The van der Waals surface area contributed by atoms with E-state index in [2.05, 4.69) is 49.9 Å². The highest BCUT2D eigenvalue weighted by molar-refractivity contribution is 5.98. The van der Waals surface area contributed by atoms with Gasteiger partial charge in [-0.2, -0.15) is 0 Å². The lowest BCUT2D eigenvalue weighted by molar-refractivity contribution is 0.0891. The molecule has 0 atom stereocenters. The van der Waals surface area contributed by atoms with Crippen molar-refractivity contribution in [2.75, 3.05) is 0 Å². The Kier molecular flexibility index (Phi) is 5.93. The van der Waals surface area contributed by atoms with Gasteiger partial charge < -0.3 is 5.32 Å². The number of rotatable bonds is 5. The lowest BCUT2D eigenvalue weighted by atomic mass is 9.81. The monoisotopic (exact) mass is 439 g/mol. The van der Waals surface area contributed by atoms with Crippen LogP contribution in [-0.2, 0) is 0 Å². The summed E-state index contributed by atoms with van der Waals surface area (Å²) in [7, 11) is 0. The number of benzene rings is 1. The number of carbonyl (C=O) groups excluding carboxylic acids is 1. The average molecular weight is 440 g/mol. The van der Waals surface area contributed by atoms with Crippen molar-refractivity contribution in [3.63, 3.8) is 0 Å². The second-order valence-corrected chi connectivity index (χ2v) is 10.1. The van der Waals surface area contributed by atoms with Crippen molar-refractivity contribution in [1.82, 2.24) is 25.3 Å². The zero-order valence-electron chi connectivity index (χ0n) is 19.8. The smallest absolute Gasteiger partial charge is 0.251 e. The minimum atomic E-state index is -0.335. The van der Waals surface area contributed by atoms with E-state index < -0.39 is 0 Å². The molecule has 168 valence electrons. The molecule has 0 fully saturated rings. The Bertz CT molecular complexity index is 1280. The van der Waals surface area contributed by atoms with Gasteiger partial charge in [-0.25, -0.2) is 9.97 Å². The van der Waals surface area contributed by atoms with Gasteiger partial charge in [0.15, 0.2) is 0 Å². The number of hydrogen-bond donors (Lipinski definition) is 1. The molecule has 4 rings (SSSR count). The highest BCUT2D eigenvalue weighted by atomic mass is 16.1. The molecule has 1 N–H and O–H groups in total. The molecule has 3 heterocycles. The molecule has 0 spiro atoms. The van der Waals surface area contributed by atoms with Crippen molar-refractivity contribution in [2.24, 2.45) is 5.41 Å². The van der Waals surface area contributed by atoms with Crippen molar-refractivity contribution < 1.29 is 4.79 Å². The predicted octanol–water partition coefficient (Wildman–Crippen LogP) is 5.70. The molecule has 0 unspecified atom stereocenters. The first-order valence-corrected chi connectivity index (χ1v) is 11.1. The van der Waals surface area contributed by atoms with E-state index in [0.717, 1.165) is 12.1 Å². The Morgan fingerprint density at radius 1 is 0.788 bits per heavy atom. The van der Waals surface area contributed by atoms with Crippen LogP contribution in [-0.4, -0.2) is 31.4 Å². The van der Waals surface area contributed by atoms with Crippen LogP contribution < -0.4 is 5.32 Å². The van der Waals surface area contributed by atoms with Crippen molar-refractivity contribution in [1.29, 1.82) is 0 Å². The van der Waals surface area contributed by atoms with Gasteiger partial charge in [-0.1, -0.05) is 32.9 Å². The summed E-state index contributed by atoms with van der Waals surface area (Å²) in [6, 6.07) is 16.8. The van der Waals surface area contributed by atoms with Crippen molar-refractivity contribution in [3.05, 3.63) is 72.6 Å². The molecule has 6 nitrogen and oxygen atoms in total. The summed E-state index contributed by atoms with van der Waals surface area (Å²) in [4.78, 5) is 31.7. The molecule has 0 aliphatic rings. The van der Waals surface area contributed by atoms with E-state index in [1.54, 1.807) is 24.5 Å². The summed E-state index contributed by atoms with van der Waals surface area (Å²) < 4.78 is 0. The molecular formula is C27H29N5O. The third-order valence-electron chi connectivity index (χ3n) is 5.17. The van der Waals surface area contributed by atoms with Crippen LogP contribution in [0.3, 0.4) is 0 Å². The summed E-state index contributed by atoms with van der Waals surface area (Å²) >= 11 is 0. The van der Waals surface area contributed by atoms with Gasteiger partial charge in [-0.05, 0) is 68.1 Å². The topological polar surface area (TPSA) is 80.7 Å². The number of carbonyl (C=O) groups is 1. The van der Waals surface area contributed by atoms with Crippen LogP contribution in [0, 0.1) is 5.41 Å². The molecule has 3 aromatic heterocycles. The van der Waals surface area contributed by atoms with E-state index in [1.807, 2.05) is 42.5 Å². The number of fused-ring (bicyclic) bond motifs is 1. The van der Waals surface area contributed by atoms with Crippen molar-refractivity contribution >= 4 is 16.9 Å². The second kappa shape index (κ2) is 8.70. The van der Waals surface area contributed by atoms with Crippen LogP contribution >= 0.6 is 0 Å². The largest absolute Gasteiger partial charge is 0.347 e. The molecule has 6 heteroatoms. The first-order chi connectivity index (χ1) is 15.6. The van der Waals surface area contributed by atoms with Crippen molar-refractivity contribution in [3.8, 4) is 22.8 Å². The lowest BCUT2D eigenvalue weighted by Gasteiger charge is -2.33. The van der Waals surface area contributed by atoms with E-state index >= 15 is 0 Å². The maximum atomic E-state index is 13.1. The summed E-state index contributed by atoms with van der Waals surface area (Å²) in [5, 5.41) is 3.17. The molecule has 0 radical (unpaired) electrons. The molecule has 0 saturated heterocycles. The summed E-state index contributed by atoms with van der Waals surface area (Å²) in [5.74, 6) is -0.124. The molecular weight excluding hydrogens is 410 g/mol. The highest BCUT2D eigenvalue weighted by Gasteiger charge is 2.27. The molecule has 0 aliphatic carbocycles. The van der Waals surface area contributed by atoms with Crippen molar-refractivity contribution in [2.45, 2.75) is 46.6 Å². The first kappa shape index (κ1) is 22.5. The van der Waals surface area contributed by atoms with Gasteiger partial charge in [0.2, 0.25) is 0 Å². The average Bonchev–Trinajstić information content (AvgIpc) is 2.77. The Hall–Kier alpha value is -3.67. The lowest BCUT2D eigenvalue weighted by Crippen LogP contribution is -2.45. The minimum Gasteiger partial charge on any atom is -0.347 e. The van der Waals surface area contributed by atoms with Gasteiger partial charge in [0, 0.05) is 23.5 Å². The maximum absolute atomic E-state index is 13.1. The first-order valence-electron chi connectivity index (χ1n) is 11.1. The Balaban J connectivity index is 1.76. The summed E-state index contributed by atoms with van der Waals surface area (Å²) in [6.45, 7) is 10.6. The fraction of sp³-hybridized carbons (Fsp3) is 0.296. The number of aromatic nitrogens is 4. The van der Waals surface area contributed by atoms with E-state index in [4.69, 9.17) is 9.97 Å². The summed E-state index contributed by atoms with van der Waals surface area (Å²) in [5.41, 5.74) is 4.36. The van der Waals surface area contributed by atoms with Gasteiger partial charge >= 0.3 is 0 Å². The molecule has 4 aromatic rings. The third-order valence-corrected chi connectivity index (χ3v) is 5.17. The van der Waals surface area contributed by atoms with E-state index in [-0.39, 0.29) is 16.9 Å². The predicted molar refractivity (Wildman–Crippen MR) is 132 cm³/mol. The van der Waals surface area contributed by atoms with Gasteiger partial charge in [-0.15, -0.1) is 0 Å². The zero-order chi connectivity index (χ0) is 23.6. The molecule has 0 bridgehead atoms. The number of hydrogen-bond acceptors (Lipinski definition) is 5. The van der Waals surface area contributed by atoms with E-state index in [9.17, 15) is 4.79 Å². The van der Waals surface area contributed by atoms with Crippen LogP contribution in [0.5, 0.6) is 0 Å². The Morgan fingerprint density at radius 2 is 1.36 bits per heavy atom. The van der Waals surface area contributed by atoms with Crippen LogP contribution in [0.2, 0.25) is 0 Å². The molecule has 0 saturated carbocycles. The number of nitrogens with one attached hydrogen (secondary N) is 1. The molecule has 1 aromatic carbocycles. The number of amides is 1. The fourth-order valence-electron chi connectivity index (χ4n) is 4.31. The summed E-state index contributed by atoms with van der Waals surface area (Å²) in [6.07, 6.45) is 4.32. The van der Waals surface area contributed by atoms with Gasteiger partial charge in [0.1, 0.15) is 11.4 Å². The molecule has 33 heavy (non-hydrogen) atoms. The highest BCUT2D eigenvalue weighted by Crippen LogP contribution is 2.30. The minimum absolute atomic E-state index is 0.102. The van der Waals surface area contributed by atoms with Crippen LogP contribution in [0.4, 0.5) is 0 Å². The van der Waals surface area contributed by atoms with E-state index in [0.29, 0.717) is 33.7 Å². The number of nitrogens with zero attached hydrogens (tertiary/aromatic N) is 4. The van der Waals surface area contributed by atoms with E-state index in [1.165, 1.54) is 0 Å². The zero-order valence-corrected chi connectivity index (χ0v) is 19.8. The maximum Gasteiger partial charge on any atom is 0.251 e. The SMILES string of the molecule is CC(C)(C)CC(C)(C)NC(=O)c1ccc2nc(-c3ccccn3)c(-c3ccccn3)nc2c1. The standard InChI is InChI=1S/C27H29N5O/c1-26(2,3)17-27(4,5)32-25(33)18-12-13-19-22(16-18)31-24(21-11-7-9-15-29-21)23(30-19)20-10-6-8-14-28-20/h6-16H,17H2,1-5H3,(H,32,33). The van der Waals surface area contributed by atoms with Crippen LogP contribution in [0.15, 0.2) is 67.0 Å². The Morgan fingerprint density at radius 3 is 1.88 bits per heavy atom. The van der Waals surface area contributed by atoms with Crippen LogP contribution in [0.1, 0.15) is 51.4 Å². The van der Waals surface area contributed by atoms with Gasteiger partial charge in [0.05, 0.1) is 22.4 Å². The third kappa shape index (κ3) is 5.40. The van der Waals surface area contributed by atoms with Gasteiger partial charge in [-0.3, -0.25) is 14.8 Å². The number of pyridine rings is 2. The van der Waals surface area contributed by atoms with Gasteiger partial charge in [0.25, 0.3) is 5.91 Å².